The lowest BCUT2D eigenvalue weighted by atomic mass is 10.1. The van der Waals surface area contributed by atoms with E-state index in [4.69, 9.17) is 10.6 Å². The highest BCUT2D eigenvalue weighted by Gasteiger charge is 2.09. The van der Waals surface area contributed by atoms with Crippen LogP contribution in [0.1, 0.15) is 15.9 Å². The van der Waals surface area contributed by atoms with Gasteiger partial charge in [0, 0.05) is 11.3 Å². The summed E-state index contributed by atoms with van der Waals surface area (Å²) in [5, 5.41) is 3.03. The van der Waals surface area contributed by atoms with Crippen molar-refractivity contribution in [1.29, 1.82) is 0 Å². The summed E-state index contributed by atoms with van der Waals surface area (Å²) in [7, 11) is 1.51. The van der Waals surface area contributed by atoms with Crippen molar-refractivity contribution in [1.82, 2.24) is 15.4 Å². The number of nitrogens with zero attached hydrogens (tertiary/aromatic N) is 2. The quantitative estimate of drug-likeness (QED) is 0.548. The Labute approximate surface area is 121 Å². The van der Waals surface area contributed by atoms with Gasteiger partial charge in [0.1, 0.15) is 18.0 Å². The van der Waals surface area contributed by atoms with Gasteiger partial charge in [0.25, 0.3) is 0 Å². The Kier molecular flexibility index (Phi) is 4.47. The molecule has 0 fully saturated rings. The van der Waals surface area contributed by atoms with Crippen LogP contribution in [0.2, 0.25) is 0 Å². The van der Waals surface area contributed by atoms with Crippen molar-refractivity contribution in [3.63, 3.8) is 0 Å². The van der Waals surface area contributed by atoms with Gasteiger partial charge in [-0.05, 0) is 12.1 Å². The highest BCUT2D eigenvalue weighted by Crippen LogP contribution is 2.22. The molecule has 4 N–H and O–H groups in total. The highest BCUT2D eigenvalue weighted by molar-refractivity contribution is 5.89. The van der Waals surface area contributed by atoms with Crippen molar-refractivity contribution in [3.8, 4) is 0 Å². The van der Waals surface area contributed by atoms with Crippen LogP contribution in [0, 0.1) is 0 Å². The molecule has 0 aliphatic rings. The molecule has 0 aliphatic heterocycles. The maximum absolute atomic E-state index is 11.1. The second kappa shape index (κ2) is 6.49. The van der Waals surface area contributed by atoms with E-state index in [9.17, 15) is 4.79 Å². The standard InChI is InChI=1S/C14H15N5O2/c1-9(19-21-2)10-4-3-5-11(6-10)18-14-12(7-20)13(15)16-8-17-14/h3-8,19H,1H2,2H3,(H3,15,16,17,18). The fraction of sp³-hybridized carbons (Fsp3) is 0.0714. The maximum Gasteiger partial charge on any atom is 0.157 e. The molecule has 108 valence electrons. The second-order valence-corrected chi connectivity index (χ2v) is 4.13. The normalized spacial score (nSPS) is 9.95. The molecule has 0 saturated heterocycles. The largest absolute Gasteiger partial charge is 0.383 e. The van der Waals surface area contributed by atoms with E-state index in [0.29, 0.717) is 17.8 Å². The van der Waals surface area contributed by atoms with Crippen LogP contribution in [-0.2, 0) is 4.84 Å². The van der Waals surface area contributed by atoms with Crippen molar-refractivity contribution >= 4 is 29.3 Å². The van der Waals surface area contributed by atoms with Crippen molar-refractivity contribution in [3.05, 3.63) is 48.3 Å². The molecular formula is C14H15N5O2. The number of hydrogen-bond acceptors (Lipinski definition) is 7. The average Bonchev–Trinajstić information content (AvgIpc) is 2.48. The Bertz CT molecular complexity index is 672. The number of nitrogens with one attached hydrogen (secondary N) is 2. The van der Waals surface area contributed by atoms with Crippen LogP contribution < -0.4 is 16.5 Å². The molecule has 2 aromatic rings. The number of nitrogens with two attached hydrogens (primary N) is 1. The summed E-state index contributed by atoms with van der Waals surface area (Å²) in [6.07, 6.45) is 1.91. The molecule has 0 atom stereocenters. The number of hydroxylamine groups is 1. The molecule has 1 aromatic carbocycles. The monoisotopic (exact) mass is 285 g/mol. The van der Waals surface area contributed by atoms with E-state index in [1.807, 2.05) is 24.3 Å². The zero-order valence-electron chi connectivity index (χ0n) is 11.5. The Morgan fingerprint density at radius 2 is 2.24 bits per heavy atom. The van der Waals surface area contributed by atoms with Gasteiger partial charge in [-0.2, -0.15) is 0 Å². The van der Waals surface area contributed by atoms with E-state index >= 15 is 0 Å². The number of rotatable bonds is 6. The Morgan fingerprint density at radius 3 is 2.95 bits per heavy atom. The third kappa shape index (κ3) is 3.34. The SMILES string of the molecule is C=C(NOC)c1cccc(Nc2ncnc(N)c2C=O)c1. The lowest BCUT2D eigenvalue weighted by Gasteiger charge is -2.11. The van der Waals surface area contributed by atoms with Gasteiger partial charge in [0.2, 0.25) is 0 Å². The molecule has 0 saturated carbocycles. The van der Waals surface area contributed by atoms with Crippen molar-refractivity contribution < 1.29 is 9.63 Å². The molecule has 0 radical (unpaired) electrons. The lowest BCUT2D eigenvalue weighted by molar-refractivity contribution is 0.112. The van der Waals surface area contributed by atoms with Crippen LogP contribution >= 0.6 is 0 Å². The summed E-state index contributed by atoms with van der Waals surface area (Å²) in [6.45, 7) is 3.84. The number of carbonyl (C=O) groups is 1. The van der Waals surface area contributed by atoms with Gasteiger partial charge in [-0.15, -0.1) is 0 Å². The molecule has 0 bridgehead atoms. The maximum atomic E-state index is 11.1. The summed E-state index contributed by atoms with van der Waals surface area (Å²) in [5.41, 5.74) is 10.7. The Hall–Kier alpha value is -2.93. The molecule has 0 aliphatic carbocycles. The van der Waals surface area contributed by atoms with Crippen LogP contribution in [0.25, 0.3) is 5.70 Å². The smallest absolute Gasteiger partial charge is 0.157 e. The van der Waals surface area contributed by atoms with E-state index < -0.39 is 0 Å². The summed E-state index contributed by atoms with van der Waals surface area (Å²) in [4.78, 5) is 23.7. The number of anilines is 3. The van der Waals surface area contributed by atoms with Gasteiger partial charge in [-0.3, -0.25) is 15.1 Å². The second-order valence-electron chi connectivity index (χ2n) is 4.13. The minimum absolute atomic E-state index is 0.129. The van der Waals surface area contributed by atoms with E-state index in [2.05, 4.69) is 27.3 Å². The van der Waals surface area contributed by atoms with E-state index in [0.717, 1.165) is 11.3 Å². The number of carbonyl (C=O) groups excluding carboxylic acids is 1. The molecule has 1 aromatic heterocycles. The van der Waals surface area contributed by atoms with Crippen LogP contribution in [0.15, 0.2) is 37.2 Å². The minimum atomic E-state index is 0.129. The van der Waals surface area contributed by atoms with Crippen LogP contribution in [0.3, 0.4) is 0 Å². The Balaban J connectivity index is 2.28. The van der Waals surface area contributed by atoms with Gasteiger partial charge in [-0.1, -0.05) is 18.7 Å². The zero-order valence-corrected chi connectivity index (χ0v) is 11.5. The zero-order chi connectivity index (χ0) is 15.2. The molecule has 2 rings (SSSR count). The molecule has 0 spiro atoms. The number of nitrogen functional groups attached to an aromatic ring is 1. The number of benzene rings is 1. The first-order valence-corrected chi connectivity index (χ1v) is 6.06. The molecular weight excluding hydrogens is 270 g/mol. The molecule has 0 unspecified atom stereocenters. The fourth-order valence-corrected chi connectivity index (χ4v) is 1.73. The van der Waals surface area contributed by atoms with E-state index in [1.54, 1.807) is 0 Å². The summed E-state index contributed by atoms with van der Waals surface area (Å²) in [6, 6.07) is 7.37. The first-order chi connectivity index (χ1) is 10.2. The predicted molar refractivity (Wildman–Crippen MR) is 80.7 cm³/mol. The molecule has 21 heavy (non-hydrogen) atoms. The van der Waals surface area contributed by atoms with Crippen LogP contribution in [0.5, 0.6) is 0 Å². The van der Waals surface area contributed by atoms with Gasteiger partial charge in [0.05, 0.1) is 18.4 Å². The third-order valence-electron chi connectivity index (χ3n) is 2.73. The van der Waals surface area contributed by atoms with Crippen molar-refractivity contribution in [2.45, 2.75) is 0 Å². The van der Waals surface area contributed by atoms with Gasteiger partial charge >= 0.3 is 0 Å². The lowest BCUT2D eigenvalue weighted by Crippen LogP contribution is -2.09. The first-order valence-electron chi connectivity index (χ1n) is 6.06. The number of aldehydes is 1. The highest BCUT2D eigenvalue weighted by atomic mass is 16.6. The van der Waals surface area contributed by atoms with Crippen LogP contribution in [-0.4, -0.2) is 23.4 Å². The fourth-order valence-electron chi connectivity index (χ4n) is 1.73. The van der Waals surface area contributed by atoms with Gasteiger partial charge < -0.3 is 11.1 Å². The van der Waals surface area contributed by atoms with Gasteiger partial charge in [-0.25, -0.2) is 9.97 Å². The average molecular weight is 285 g/mol. The molecule has 7 nitrogen and oxygen atoms in total. The first kappa shape index (κ1) is 14.5. The summed E-state index contributed by atoms with van der Waals surface area (Å²) in [5.74, 6) is 0.476. The van der Waals surface area contributed by atoms with E-state index in [1.165, 1.54) is 13.4 Å². The third-order valence-corrected chi connectivity index (χ3v) is 2.73. The van der Waals surface area contributed by atoms with Crippen molar-refractivity contribution in [2.24, 2.45) is 0 Å². The van der Waals surface area contributed by atoms with Crippen LogP contribution in [0.4, 0.5) is 17.3 Å². The number of hydrogen-bond donors (Lipinski definition) is 3. The predicted octanol–water partition coefficient (Wildman–Crippen LogP) is 1.74. The minimum Gasteiger partial charge on any atom is -0.383 e. The topological polar surface area (TPSA) is 102 Å². The molecule has 1 heterocycles. The summed E-state index contributed by atoms with van der Waals surface area (Å²) >= 11 is 0. The summed E-state index contributed by atoms with van der Waals surface area (Å²) < 4.78 is 0. The Morgan fingerprint density at radius 1 is 1.43 bits per heavy atom. The number of aromatic nitrogens is 2. The van der Waals surface area contributed by atoms with Crippen molar-refractivity contribution in [2.75, 3.05) is 18.2 Å². The molecule has 7 heteroatoms. The van der Waals surface area contributed by atoms with E-state index in [-0.39, 0.29) is 11.4 Å². The molecule has 0 amide bonds. The van der Waals surface area contributed by atoms with Gasteiger partial charge in [0.15, 0.2) is 6.29 Å².